The van der Waals surface area contributed by atoms with Gasteiger partial charge in [-0.1, -0.05) is 18.2 Å². The maximum atomic E-state index is 6.06. The lowest BCUT2D eigenvalue weighted by molar-refractivity contribution is 0.354. The second-order valence-corrected chi connectivity index (χ2v) is 6.09. The summed E-state index contributed by atoms with van der Waals surface area (Å²) in [6.45, 7) is 6.99. The number of hydrogen-bond donors (Lipinski definition) is 1. The lowest BCUT2D eigenvalue weighted by Crippen LogP contribution is -2.21. The van der Waals surface area contributed by atoms with Crippen molar-refractivity contribution in [2.24, 2.45) is 5.73 Å². The third kappa shape index (κ3) is 4.67. The zero-order valence-electron chi connectivity index (χ0n) is 15.8. The Bertz CT molecular complexity index is 651. The molecule has 0 fully saturated rings. The minimum Gasteiger partial charge on any atom is -0.493 e. The van der Waals surface area contributed by atoms with Crippen LogP contribution in [0.1, 0.15) is 30.9 Å². The van der Waals surface area contributed by atoms with Gasteiger partial charge in [0.15, 0.2) is 11.5 Å². The van der Waals surface area contributed by atoms with Gasteiger partial charge < -0.3 is 20.1 Å². The van der Waals surface area contributed by atoms with Gasteiger partial charge in [-0.25, -0.2) is 0 Å². The fraction of sp³-hybridized carbons (Fsp3) is 0.429. The van der Waals surface area contributed by atoms with Crippen molar-refractivity contribution in [2.75, 3.05) is 38.8 Å². The third-order valence-corrected chi connectivity index (χ3v) is 4.71. The van der Waals surface area contributed by atoms with Gasteiger partial charge in [0.25, 0.3) is 0 Å². The molecule has 1 unspecified atom stereocenters. The van der Waals surface area contributed by atoms with Crippen LogP contribution in [0.15, 0.2) is 42.5 Å². The summed E-state index contributed by atoms with van der Waals surface area (Å²) in [5, 5.41) is 0. The molecule has 2 aromatic carbocycles. The van der Waals surface area contributed by atoms with Crippen LogP contribution in [0.3, 0.4) is 0 Å². The second kappa shape index (κ2) is 9.33. The molecule has 0 bridgehead atoms. The maximum Gasteiger partial charge on any atom is 0.160 e. The Hall–Kier alpha value is -2.20. The van der Waals surface area contributed by atoms with Crippen molar-refractivity contribution in [3.8, 4) is 11.5 Å². The number of benzene rings is 2. The van der Waals surface area contributed by atoms with Crippen LogP contribution in [-0.2, 0) is 6.42 Å². The van der Waals surface area contributed by atoms with E-state index in [1.165, 1.54) is 16.8 Å². The van der Waals surface area contributed by atoms with Gasteiger partial charge in [-0.05, 0) is 62.2 Å². The molecule has 2 aromatic rings. The Kier molecular flexibility index (Phi) is 7.14. The molecule has 0 heterocycles. The zero-order chi connectivity index (χ0) is 18.2. The molecule has 2 N–H and O–H groups in total. The summed E-state index contributed by atoms with van der Waals surface area (Å²) in [5.74, 6) is 1.74. The van der Waals surface area contributed by atoms with Crippen molar-refractivity contribution in [3.63, 3.8) is 0 Å². The van der Waals surface area contributed by atoms with Gasteiger partial charge in [0.2, 0.25) is 0 Å². The zero-order valence-corrected chi connectivity index (χ0v) is 15.8. The highest BCUT2D eigenvalue weighted by Gasteiger charge is 2.14. The number of nitrogens with zero attached hydrogens (tertiary/aromatic N) is 1. The lowest BCUT2D eigenvalue weighted by Gasteiger charge is -2.22. The van der Waals surface area contributed by atoms with Gasteiger partial charge in [0.1, 0.15) is 0 Å². The molecule has 0 aliphatic rings. The van der Waals surface area contributed by atoms with Crippen LogP contribution >= 0.6 is 0 Å². The average molecular weight is 342 g/mol. The Labute approximate surface area is 151 Å². The summed E-state index contributed by atoms with van der Waals surface area (Å²) in [7, 11) is 3.31. The highest BCUT2D eigenvalue weighted by molar-refractivity contribution is 5.48. The van der Waals surface area contributed by atoms with Gasteiger partial charge in [0.05, 0.1) is 14.2 Å². The molecule has 0 radical (unpaired) electrons. The van der Waals surface area contributed by atoms with E-state index in [0.29, 0.717) is 6.54 Å². The number of methoxy groups -OCH3 is 2. The molecule has 2 rings (SSSR count). The number of anilines is 1. The molecule has 0 aliphatic heterocycles. The predicted molar refractivity (Wildman–Crippen MR) is 105 cm³/mol. The molecule has 4 nitrogen and oxygen atoms in total. The molecular weight excluding hydrogens is 312 g/mol. The minimum atomic E-state index is 0.249. The summed E-state index contributed by atoms with van der Waals surface area (Å²) in [4.78, 5) is 2.35. The highest BCUT2D eigenvalue weighted by atomic mass is 16.5. The van der Waals surface area contributed by atoms with Gasteiger partial charge in [0, 0.05) is 24.7 Å². The first-order valence-corrected chi connectivity index (χ1v) is 8.92. The lowest BCUT2D eigenvalue weighted by atomic mass is 9.91. The smallest absolute Gasteiger partial charge is 0.160 e. The Morgan fingerprint density at radius 3 is 2.08 bits per heavy atom. The number of ether oxygens (including phenoxy) is 2. The van der Waals surface area contributed by atoms with Crippen LogP contribution in [0.25, 0.3) is 0 Å². The van der Waals surface area contributed by atoms with E-state index in [4.69, 9.17) is 15.2 Å². The topological polar surface area (TPSA) is 47.7 Å². The minimum absolute atomic E-state index is 0.249. The second-order valence-electron chi connectivity index (χ2n) is 6.09. The van der Waals surface area contributed by atoms with Crippen molar-refractivity contribution in [2.45, 2.75) is 26.2 Å². The maximum absolute atomic E-state index is 6.06. The van der Waals surface area contributed by atoms with Crippen LogP contribution in [-0.4, -0.2) is 33.9 Å². The molecule has 0 saturated carbocycles. The molecule has 0 spiro atoms. The first kappa shape index (κ1) is 19.1. The van der Waals surface area contributed by atoms with Crippen molar-refractivity contribution < 1.29 is 9.47 Å². The molecule has 0 aliphatic carbocycles. The quantitative estimate of drug-likeness (QED) is 0.752. The molecule has 136 valence electrons. The number of rotatable bonds is 9. The van der Waals surface area contributed by atoms with E-state index in [1.807, 2.05) is 12.1 Å². The Morgan fingerprint density at radius 1 is 0.920 bits per heavy atom. The molecule has 25 heavy (non-hydrogen) atoms. The van der Waals surface area contributed by atoms with Crippen LogP contribution in [0, 0.1) is 0 Å². The van der Waals surface area contributed by atoms with E-state index < -0.39 is 0 Å². The van der Waals surface area contributed by atoms with E-state index in [1.54, 1.807) is 14.2 Å². The van der Waals surface area contributed by atoms with Gasteiger partial charge >= 0.3 is 0 Å². The van der Waals surface area contributed by atoms with E-state index in [2.05, 4.69) is 49.1 Å². The molecule has 4 heteroatoms. The monoisotopic (exact) mass is 342 g/mol. The van der Waals surface area contributed by atoms with Crippen molar-refractivity contribution in [3.05, 3.63) is 53.6 Å². The first-order chi connectivity index (χ1) is 12.2. The van der Waals surface area contributed by atoms with Crippen LogP contribution < -0.4 is 20.1 Å². The standard InChI is InChI=1S/C21H30N2O2/c1-5-23(6-2)19-10-7-16(8-11-19)13-18(15-22)17-9-12-20(24-3)21(14-17)25-4/h7-12,14,18H,5-6,13,15,22H2,1-4H3. The summed E-state index contributed by atoms with van der Waals surface area (Å²) >= 11 is 0. The summed E-state index contributed by atoms with van der Waals surface area (Å²) in [6, 6.07) is 14.9. The number of nitrogens with two attached hydrogens (primary N) is 1. The van der Waals surface area contributed by atoms with E-state index in [9.17, 15) is 0 Å². The Balaban J connectivity index is 2.16. The van der Waals surface area contributed by atoms with Gasteiger partial charge in [-0.15, -0.1) is 0 Å². The number of hydrogen-bond acceptors (Lipinski definition) is 4. The van der Waals surface area contributed by atoms with Crippen LogP contribution in [0.5, 0.6) is 11.5 Å². The van der Waals surface area contributed by atoms with E-state index in [0.717, 1.165) is 31.0 Å². The largest absolute Gasteiger partial charge is 0.493 e. The van der Waals surface area contributed by atoms with Crippen molar-refractivity contribution >= 4 is 5.69 Å². The fourth-order valence-electron chi connectivity index (χ4n) is 3.16. The average Bonchev–Trinajstić information content (AvgIpc) is 2.67. The summed E-state index contributed by atoms with van der Waals surface area (Å²) in [5.41, 5.74) is 9.79. The molecular formula is C21H30N2O2. The molecule has 0 aromatic heterocycles. The summed E-state index contributed by atoms with van der Waals surface area (Å²) in [6.07, 6.45) is 0.907. The van der Waals surface area contributed by atoms with Gasteiger partial charge in [-0.2, -0.15) is 0 Å². The summed E-state index contributed by atoms with van der Waals surface area (Å²) < 4.78 is 10.7. The van der Waals surface area contributed by atoms with E-state index >= 15 is 0 Å². The molecule has 1 atom stereocenters. The molecule has 0 amide bonds. The Morgan fingerprint density at radius 2 is 1.56 bits per heavy atom. The predicted octanol–water partition coefficient (Wildman–Crippen LogP) is 3.84. The van der Waals surface area contributed by atoms with E-state index in [-0.39, 0.29) is 5.92 Å². The van der Waals surface area contributed by atoms with Crippen molar-refractivity contribution in [1.29, 1.82) is 0 Å². The fourth-order valence-corrected chi connectivity index (χ4v) is 3.16. The van der Waals surface area contributed by atoms with Crippen LogP contribution in [0.2, 0.25) is 0 Å². The van der Waals surface area contributed by atoms with Crippen molar-refractivity contribution in [1.82, 2.24) is 0 Å². The normalized spacial score (nSPS) is 11.9. The highest BCUT2D eigenvalue weighted by Crippen LogP contribution is 2.31. The molecule has 0 saturated heterocycles. The van der Waals surface area contributed by atoms with Gasteiger partial charge in [-0.3, -0.25) is 0 Å². The van der Waals surface area contributed by atoms with Crippen LogP contribution in [0.4, 0.5) is 5.69 Å². The SMILES string of the molecule is CCN(CC)c1ccc(CC(CN)c2ccc(OC)c(OC)c2)cc1. The third-order valence-electron chi connectivity index (χ3n) is 4.71. The first-order valence-electron chi connectivity index (χ1n) is 8.92.